The maximum absolute atomic E-state index is 13.8. The SMILES string of the molecule is CC1CN(Cc2ccc(N3CCOCC3)cc2C(F)(F)F)CCN1C(=O)OC(C)(C)C. The fourth-order valence-electron chi connectivity index (χ4n) is 3.99. The summed E-state index contributed by atoms with van der Waals surface area (Å²) in [4.78, 5) is 17.9. The lowest BCUT2D eigenvalue weighted by molar-refractivity contribution is -0.138. The summed E-state index contributed by atoms with van der Waals surface area (Å²) < 4.78 is 52.2. The van der Waals surface area contributed by atoms with Gasteiger partial charge in [-0.1, -0.05) is 6.07 Å². The van der Waals surface area contributed by atoms with Gasteiger partial charge in [0, 0.05) is 51.0 Å². The molecular formula is C22H32F3N3O3. The minimum absolute atomic E-state index is 0.148. The molecule has 2 saturated heterocycles. The molecule has 0 aliphatic carbocycles. The second-order valence-electron chi connectivity index (χ2n) is 9.20. The van der Waals surface area contributed by atoms with Crippen LogP contribution in [0.2, 0.25) is 0 Å². The van der Waals surface area contributed by atoms with Crippen LogP contribution in [0.25, 0.3) is 0 Å². The number of carbonyl (C=O) groups excluding carboxylic acids is 1. The van der Waals surface area contributed by atoms with Crippen LogP contribution in [0.1, 0.15) is 38.8 Å². The number of carbonyl (C=O) groups is 1. The van der Waals surface area contributed by atoms with Crippen molar-refractivity contribution in [2.24, 2.45) is 0 Å². The average molecular weight is 444 g/mol. The average Bonchev–Trinajstić information content (AvgIpc) is 2.67. The van der Waals surface area contributed by atoms with Crippen molar-refractivity contribution in [2.75, 3.05) is 50.8 Å². The second kappa shape index (κ2) is 9.24. The van der Waals surface area contributed by atoms with Gasteiger partial charge in [0.1, 0.15) is 5.60 Å². The number of amides is 1. The van der Waals surface area contributed by atoms with E-state index in [2.05, 4.69) is 0 Å². The summed E-state index contributed by atoms with van der Waals surface area (Å²) in [6.45, 7) is 11.1. The van der Waals surface area contributed by atoms with Crippen molar-refractivity contribution < 1.29 is 27.4 Å². The summed E-state index contributed by atoms with van der Waals surface area (Å²) in [5.41, 5.74) is -0.360. The maximum atomic E-state index is 13.8. The van der Waals surface area contributed by atoms with Crippen LogP contribution in [0, 0.1) is 0 Å². The summed E-state index contributed by atoms with van der Waals surface area (Å²) >= 11 is 0. The lowest BCUT2D eigenvalue weighted by Gasteiger charge is -2.40. The Bertz CT molecular complexity index is 773. The Morgan fingerprint density at radius 3 is 2.39 bits per heavy atom. The molecule has 0 aromatic heterocycles. The van der Waals surface area contributed by atoms with Crippen molar-refractivity contribution in [3.05, 3.63) is 29.3 Å². The predicted octanol–water partition coefficient (Wildman–Crippen LogP) is 3.98. The number of morpholine rings is 1. The van der Waals surface area contributed by atoms with Crippen LogP contribution >= 0.6 is 0 Å². The third-order valence-corrected chi connectivity index (χ3v) is 5.51. The lowest BCUT2D eigenvalue weighted by atomic mass is 10.0. The number of nitrogens with zero attached hydrogens (tertiary/aromatic N) is 3. The molecule has 1 amide bonds. The third-order valence-electron chi connectivity index (χ3n) is 5.51. The summed E-state index contributed by atoms with van der Waals surface area (Å²) in [5.74, 6) is 0. The standard InChI is InChI=1S/C22H32F3N3O3/c1-16-14-26(7-8-28(16)20(29)31-21(2,3)4)15-17-5-6-18(13-19(17)22(23,24)25)27-9-11-30-12-10-27/h5-6,13,16H,7-12,14-15H2,1-4H3. The molecule has 0 spiro atoms. The zero-order valence-corrected chi connectivity index (χ0v) is 18.7. The minimum Gasteiger partial charge on any atom is -0.444 e. The van der Waals surface area contributed by atoms with Crippen LogP contribution in [0.3, 0.4) is 0 Å². The minimum atomic E-state index is -4.43. The molecule has 1 atom stereocenters. The van der Waals surface area contributed by atoms with Crippen molar-refractivity contribution in [1.82, 2.24) is 9.80 Å². The third kappa shape index (κ3) is 6.26. The van der Waals surface area contributed by atoms with Gasteiger partial charge in [0.25, 0.3) is 0 Å². The maximum Gasteiger partial charge on any atom is 0.416 e. The highest BCUT2D eigenvalue weighted by Gasteiger charge is 2.36. The van der Waals surface area contributed by atoms with E-state index in [0.717, 1.165) is 0 Å². The van der Waals surface area contributed by atoms with Gasteiger partial charge in [-0.05, 0) is 45.4 Å². The first kappa shape index (κ1) is 23.7. The topological polar surface area (TPSA) is 45.2 Å². The van der Waals surface area contributed by atoms with Gasteiger partial charge in [-0.25, -0.2) is 4.79 Å². The highest BCUT2D eigenvalue weighted by atomic mass is 19.4. The molecule has 3 rings (SSSR count). The van der Waals surface area contributed by atoms with Crippen LogP contribution in [-0.2, 0) is 22.2 Å². The van der Waals surface area contributed by atoms with Gasteiger partial charge in [0.15, 0.2) is 0 Å². The zero-order chi connectivity index (χ0) is 22.8. The lowest BCUT2D eigenvalue weighted by Crippen LogP contribution is -2.54. The van der Waals surface area contributed by atoms with E-state index in [0.29, 0.717) is 51.6 Å². The first-order valence-corrected chi connectivity index (χ1v) is 10.7. The molecule has 9 heteroatoms. The van der Waals surface area contributed by atoms with Gasteiger partial charge in [0.2, 0.25) is 0 Å². The molecule has 1 aromatic rings. The summed E-state index contributed by atoms with van der Waals surface area (Å²) in [7, 11) is 0. The van der Waals surface area contributed by atoms with Crippen LogP contribution in [0.4, 0.5) is 23.7 Å². The van der Waals surface area contributed by atoms with Crippen LogP contribution in [0.5, 0.6) is 0 Å². The smallest absolute Gasteiger partial charge is 0.416 e. The number of halogens is 3. The monoisotopic (exact) mass is 443 g/mol. The van der Waals surface area contributed by atoms with Crippen LogP contribution < -0.4 is 4.90 Å². The molecule has 2 heterocycles. The number of piperazine rings is 1. The molecule has 0 N–H and O–H groups in total. The van der Waals surface area contributed by atoms with E-state index in [1.807, 2.05) is 37.5 Å². The van der Waals surface area contributed by atoms with Gasteiger partial charge in [-0.2, -0.15) is 13.2 Å². The zero-order valence-electron chi connectivity index (χ0n) is 18.7. The Labute approximate surface area is 181 Å². The van der Waals surface area contributed by atoms with E-state index < -0.39 is 17.3 Å². The summed E-state index contributed by atoms with van der Waals surface area (Å²) in [6.07, 6.45) is -4.81. The van der Waals surface area contributed by atoms with Crippen molar-refractivity contribution in [1.29, 1.82) is 0 Å². The second-order valence-corrected chi connectivity index (χ2v) is 9.20. The molecular weight excluding hydrogens is 411 g/mol. The quantitative estimate of drug-likeness (QED) is 0.707. The number of anilines is 1. The van der Waals surface area contributed by atoms with Crippen LogP contribution in [0.15, 0.2) is 18.2 Å². The summed E-state index contributed by atoms with van der Waals surface area (Å²) in [5, 5.41) is 0. The summed E-state index contributed by atoms with van der Waals surface area (Å²) in [6, 6.07) is 4.45. The Balaban J connectivity index is 1.70. The number of benzene rings is 1. The van der Waals surface area contributed by atoms with E-state index >= 15 is 0 Å². The molecule has 0 radical (unpaired) electrons. The number of alkyl halides is 3. The van der Waals surface area contributed by atoms with Crippen molar-refractivity contribution in [3.63, 3.8) is 0 Å². The fraction of sp³-hybridized carbons (Fsp3) is 0.682. The van der Waals surface area contributed by atoms with E-state index in [1.165, 1.54) is 6.07 Å². The van der Waals surface area contributed by atoms with Crippen molar-refractivity contribution >= 4 is 11.8 Å². The molecule has 0 bridgehead atoms. The molecule has 1 unspecified atom stereocenters. The number of rotatable bonds is 3. The first-order chi connectivity index (χ1) is 14.4. The van der Waals surface area contributed by atoms with Crippen molar-refractivity contribution in [3.8, 4) is 0 Å². The Hall–Kier alpha value is -2.00. The number of ether oxygens (including phenoxy) is 2. The highest BCUT2D eigenvalue weighted by molar-refractivity contribution is 5.68. The van der Waals surface area contributed by atoms with Gasteiger partial charge < -0.3 is 19.3 Å². The molecule has 2 aliphatic heterocycles. The molecule has 174 valence electrons. The molecule has 2 aliphatic rings. The van der Waals surface area contributed by atoms with E-state index in [9.17, 15) is 18.0 Å². The fourth-order valence-corrected chi connectivity index (χ4v) is 3.99. The molecule has 6 nitrogen and oxygen atoms in total. The van der Waals surface area contributed by atoms with Gasteiger partial charge >= 0.3 is 12.3 Å². The van der Waals surface area contributed by atoms with E-state index in [-0.39, 0.29) is 24.2 Å². The molecule has 31 heavy (non-hydrogen) atoms. The van der Waals surface area contributed by atoms with Gasteiger partial charge in [-0.3, -0.25) is 4.90 Å². The largest absolute Gasteiger partial charge is 0.444 e. The van der Waals surface area contributed by atoms with E-state index in [1.54, 1.807) is 17.0 Å². The molecule has 0 saturated carbocycles. The Kier molecular flexibility index (Phi) is 7.05. The van der Waals surface area contributed by atoms with Crippen molar-refractivity contribution in [2.45, 2.75) is 52.1 Å². The highest BCUT2D eigenvalue weighted by Crippen LogP contribution is 2.35. The Morgan fingerprint density at radius 2 is 1.81 bits per heavy atom. The number of hydrogen-bond acceptors (Lipinski definition) is 5. The predicted molar refractivity (Wildman–Crippen MR) is 112 cm³/mol. The number of hydrogen-bond donors (Lipinski definition) is 0. The van der Waals surface area contributed by atoms with Crippen LogP contribution in [-0.4, -0.2) is 73.5 Å². The molecule has 1 aromatic carbocycles. The van der Waals surface area contributed by atoms with Gasteiger partial charge in [-0.15, -0.1) is 0 Å². The normalized spacial score (nSPS) is 21.3. The first-order valence-electron chi connectivity index (χ1n) is 10.7. The molecule has 2 fully saturated rings. The van der Waals surface area contributed by atoms with Gasteiger partial charge in [0.05, 0.1) is 18.8 Å². The Morgan fingerprint density at radius 1 is 1.13 bits per heavy atom. The van der Waals surface area contributed by atoms with E-state index in [4.69, 9.17) is 9.47 Å².